The van der Waals surface area contributed by atoms with E-state index >= 15 is 0 Å². The molecule has 1 aromatic rings. The zero-order chi connectivity index (χ0) is 28.3. The Morgan fingerprint density at radius 3 is 2.11 bits per heavy atom. The Hall–Kier alpha value is -3.03. The first-order chi connectivity index (χ1) is 17.6. The summed E-state index contributed by atoms with van der Waals surface area (Å²) in [6.45, 7) is 12.9. The van der Waals surface area contributed by atoms with Crippen molar-refractivity contribution < 1.29 is 29.0 Å². The molecule has 2 amide bonds. The van der Waals surface area contributed by atoms with E-state index in [1.807, 2.05) is 43.9 Å². The SMILES string of the molecule is CCC(=Cc1ccccc1)C1CC1N(C(=O)OC(C)(C)C)C1CCC(NC(=O)OC(C)(C)C)(C(=O)O)CC1. The number of alkyl carbamates (subject to hydrolysis) is 1. The highest BCUT2D eigenvalue weighted by Crippen LogP contribution is 2.47. The van der Waals surface area contributed by atoms with Gasteiger partial charge in [0.25, 0.3) is 0 Å². The first-order valence-corrected chi connectivity index (χ1v) is 13.7. The van der Waals surface area contributed by atoms with Crippen molar-refractivity contribution in [1.82, 2.24) is 10.2 Å². The molecule has 2 aliphatic carbocycles. The number of hydrogen-bond acceptors (Lipinski definition) is 5. The first-order valence-electron chi connectivity index (χ1n) is 13.7. The van der Waals surface area contributed by atoms with Gasteiger partial charge < -0.3 is 24.8 Å². The summed E-state index contributed by atoms with van der Waals surface area (Å²) >= 11 is 0. The van der Waals surface area contributed by atoms with E-state index < -0.39 is 28.8 Å². The van der Waals surface area contributed by atoms with Crippen molar-refractivity contribution in [2.45, 2.75) is 116 Å². The molecule has 2 fully saturated rings. The molecule has 3 rings (SSSR count). The van der Waals surface area contributed by atoms with Crippen molar-refractivity contribution in [3.05, 3.63) is 41.5 Å². The van der Waals surface area contributed by atoms with Crippen molar-refractivity contribution in [2.75, 3.05) is 0 Å². The number of carboxylic acids is 1. The van der Waals surface area contributed by atoms with Crippen molar-refractivity contribution in [3.63, 3.8) is 0 Å². The fraction of sp³-hybridized carbons (Fsp3) is 0.633. The Bertz CT molecular complexity index is 1030. The average molecular weight is 529 g/mol. The van der Waals surface area contributed by atoms with E-state index in [4.69, 9.17) is 9.47 Å². The number of carboxylic acid groups (broad SMARTS) is 1. The van der Waals surface area contributed by atoms with E-state index in [9.17, 15) is 19.5 Å². The number of amides is 2. The molecule has 2 aliphatic rings. The molecule has 0 heterocycles. The van der Waals surface area contributed by atoms with Crippen molar-refractivity contribution in [3.8, 4) is 0 Å². The highest BCUT2D eigenvalue weighted by Gasteiger charge is 2.52. The van der Waals surface area contributed by atoms with E-state index in [1.165, 1.54) is 5.57 Å². The molecular weight excluding hydrogens is 484 g/mol. The maximum Gasteiger partial charge on any atom is 0.410 e. The maximum absolute atomic E-state index is 13.5. The van der Waals surface area contributed by atoms with Gasteiger partial charge in [-0.3, -0.25) is 0 Å². The van der Waals surface area contributed by atoms with Crippen LogP contribution in [0, 0.1) is 5.92 Å². The third-order valence-corrected chi connectivity index (χ3v) is 7.11. The Labute approximate surface area is 226 Å². The number of nitrogens with one attached hydrogen (secondary N) is 1. The van der Waals surface area contributed by atoms with Crippen LogP contribution in [0.4, 0.5) is 9.59 Å². The number of hydrogen-bond donors (Lipinski definition) is 2. The van der Waals surface area contributed by atoms with Gasteiger partial charge in [0.05, 0.1) is 0 Å². The molecule has 2 N–H and O–H groups in total. The predicted octanol–water partition coefficient (Wildman–Crippen LogP) is 6.40. The van der Waals surface area contributed by atoms with E-state index in [0.717, 1.165) is 18.4 Å². The van der Waals surface area contributed by atoms with Gasteiger partial charge in [-0.2, -0.15) is 0 Å². The Morgan fingerprint density at radius 1 is 1.03 bits per heavy atom. The van der Waals surface area contributed by atoms with Crippen LogP contribution in [0.3, 0.4) is 0 Å². The summed E-state index contributed by atoms with van der Waals surface area (Å²) in [6, 6.07) is 9.98. The lowest BCUT2D eigenvalue weighted by molar-refractivity contribution is -0.146. The number of nitrogens with zero attached hydrogens (tertiary/aromatic N) is 1. The van der Waals surface area contributed by atoms with Gasteiger partial charge in [-0.25, -0.2) is 14.4 Å². The van der Waals surface area contributed by atoms with Gasteiger partial charge >= 0.3 is 18.2 Å². The molecule has 38 heavy (non-hydrogen) atoms. The maximum atomic E-state index is 13.5. The third kappa shape index (κ3) is 7.74. The van der Waals surface area contributed by atoms with E-state index in [-0.39, 0.29) is 36.9 Å². The number of aliphatic carboxylic acids is 1. The lowest BCUT2D eigenvalue weighted by Gasteiger charge is -2.42. The largest absolute Gasteiger partial charge is 0.480 e. The standard InChI is InChI=1S/C30H44N2O6/c1-8-21(18-20-12-10-9-11-13-20)23-19-24(23)32(27(36)38-29(5,6)7)22-14-16-30(17-15-22,25(33)34)31-26(35)37-28(2,3)4/h9-13,18,22-24H,8,14-17,19H2,1-7H3,(H,31,35)(H,33,34). The summed E-state index contributed by atoms with van der Waals surface area (Å²) < 4.78 is 11.1. The highest BCUT2D eigenvalue weighted by atomic mass is 16.6. The van der Waals surface area contributed by atoms with Crippen molar-refractivity contribution in [1.29, 1.82) is 0 Å². The minimum atomic E-state index is -1.43. The lowest BCUT2D eigenvalue weighted by Crippen LogP contribution is -2.59. The van der Waals surface area contributed by atoms with Crippen LogP contribution in [0.1, 0.15) is 92.6 Å². The second kappa shape index (κ2) is 11.4. The molecule has 0 radical (unpaired) electrons. The zero-order valence-corrected chi connectivity index (χ0v) is 23.9. The van der Waals surface area contributed by atoms with Crippen LogP contribution in [-0.2, 0) is 14.3 Å². The first kappa shape index (κ1) is 29.5. The molecule has 210 valence electrons. The second-order valence-electron chi connectivity index (χ2n) is 12.5. The van der Waals surface area contributed by atoms with Gasteiger partial charge in [-0.05, 0) is 85.6 Å². The van der Waals surface area contributed by atoms with Crippen LogP contribution in [0.25, 0.3) is 6.08 Å². The van der Waals surface area contributed by atoms with Crippen LogP contribution in [0.5, 0.6) is 0 Å². The Morgan fingerprint density at radius 2 is 1.61 bits per heavy atom. The van der Waals surface area contributed by atoms with Gasteiger partial charge in [-0.1, -0.05) is 48.9 Å². The predicted molar refractivity (Wildman–Crippen MR) is 147 cm³/mol. The molecule has 2 saturated carbocycles. The van der Waals surface area contributed by atoms with Gasteiger partial charge in [0, 0.05) is 18.0 Å². The smallest absolute Gasteiger partial charge is 0.410 e. The molecule has 2 unspecified atom stereocenters. The summed E-state index contributed by atoms with van der Waals surface area (Å²) in [5, 5.41) is 12.7. The molecule has 0 saturated heterocycles. The fourth-order valence-electron chi connectivity index (χ4n) is 5.26. The van der Waals surface area contributed by atoms with E-state index in [2.05, 4.69) is 30.4 Å². The van der Waals surface area contributed by atoms with Crippen molar-refractivity contribution >= 4 is 24.2 Å². The summed E-state index contributed by atoms with van der Waals surface area (Å²) in [5.41, 5.74) is -0.388. The number of benzene rings is 1. The Balaban J connectivity index is 1.79. The summed E-state index contributed by atoms with van der Waals surface area (Å²) in [5.74, 6) is -0.854. The molecule has 0 bridgehead atoms. The normalized spacial score (nSPS) is 25.8. The van der Waals surface area contributed by atoms with Gasteiger partial charge in [-0.15, -0.1) is 0 Å². The average Bonchev–Trinajstić information content (AvgIpc) is 3.57. The minimum absolute atomic E-state index is 0.000838. The molecule has 0 aromatic heterocycles. The summed E-state index contributed by atoms with van der Waals surface area (Å²) in [4.78, 5) is 40.1. The van der Waals surface area contributed by atoms with Gasteiger partial charge in [0.2, 0.25) is 0 Å². The van der Waals surface area contributed by atoms with Gasteiger partial charge in [0.15, 0.2) is 0 Å². The number of carbonyl (C=O) groups excluding carboxylic acids is 2. The second-order valence-corrected chi connectivity index (χ2v) is 12.5. The molecule has 1 aromatic carbocycles. The number of rotatable bonds is 7. The molecule has 8 nitrogen and oxygen atoms in total. The molecule has 0 spiro atoms. The highest BCUT2D eigenvalue weighted by molar-refractivity contribution is 5.84. The van der Waals surface area contributed by atoms with Crippen LogP contribution in [-0.4, -0.2) is 57.0 Å². The third-order valence-electron chi connectivity index (χ3n) is 7.11. The van der Waals surface area contributed by atoms with Crippen LogP contribution >= 0.6 is 0 Å². The zero-order valence-electron chi connectivity index (χ0n) is 23.9. The van der Waals surface area contributed by atoms with Gasteiger partial charge in [0.1, 0.15) is 16.7 Å². The van der Waals surface area contributed by atoms with Crippen molar-refractivity contribution in [2.24, 2.45) is 5.92 Å². The molecular formula is C30H44N2O6. The molecule has 2 atom stereocenters. The number of carbonyl (C=O) groups is 3. The number of ether oxygens (including phenoxy) is 2. The monoisotopic (exact) mass is 528 g/mol. The fourth-order valence-corrected chi connectivity index (χ4v) is 5.26. The topological polar surface area (TPSA) is 105 Å². The lowest BCUT2D eigenvalue weighted by atomic mass is 9.79. The quantitative estimate of drug-likeness (QED) is 0.424. The van der Waals surface area contributed by atoms with Crippen LogP contribution < -0.4 is 5.32 Å². The molecule has 0 aliphatic heterocycles. The Kier molecular flexibility index (Phi) is 8.84. The van der Waals surface area contributed by atoms with E-state index in [0.29, 0.717) is 12.8 Å². The van der Waals surface area contributed by atoms with E-state index in [1.54, 1.807) is 20.8 Å². The molecule has 8 heteroatoms. The van der Waals surface area contributed by atoms with Crippen LogP contribution in [0.15, 0.2) is 35.9 Å². The summed E-state index contributed by atoms with van der Waals surface area (Å²) in [6.07, 6.45) is 4.10. The minimum Gasteiger partial charge on any atom is -0.480 e. The summed E-state index contributed by atoms with van der Waals surface area (Å²) in [7, 11) is 0. The van der Waals surface area contributed by atoms with Crippen LogP contribution in [0.2, 0.25) is 0 Å².